The maximum absolute atomic E-state index is 12.6. The number of amides is 1. The van der Waals surface area contributed by atoms with Crippen molar-refractivity contribution < 1.29 is 17.6 Å². The second-order valence-electron chi connectivity index (χ2n) is 7.13. The topological polar surface area (TPSA) is 76.4 Å². The van der Waals surface area contributed by atoms with E-state index in [1.807, 2.05) is 0 Å². The van der Waals surface area contributed by atoms with Crippen molar-refractivity contribution >= 4 is 15.7 Å². The molecule has 0 aliphatic heterocycles. The molecule has 0 spiro atoms. The second-order valence-corrected chi connectivity index (χ2v) is 9.09. The fraction of sp³-hybridized carbons (Fsp3) is 0.450. The monoisotopic (exact) mass is 375 g/mol. The van der Waals surface area contributed by atoms with E-state index >= 15 is 0 Å². The van der Waals surface area contributed by atoms with E-state index in [-0.39, 0.29) is 29.2 Å². The Morgan fingerprint density at radius 3 is 2.62 bits per heavy atom. The van der Waals surface area contributed by atoms with E-state index in [0.717, 1.165) is 19.3 Å². The van der Waals surface area contributed by atoms with Gasteiger partial charge in [0.05, 0.1) is 4.90 Å². The Balaban J connectivity index is 1.69. The Hall–Kier alpha value is -2.08. The Bertz CT molecular complexity index is 885. The first-order valence-electron chi connectivity index (χ1n) is 9.05. The molecular formula is C20H25NO4S. The summed E-state index contributed by atoms with van der Waals surface area (Å²) in [6.45, 7) is 3.91. The highest BCUT2D eigenvalue weighted by Crippen LogP contribution is 2.25. The quantitative estimate of drug-likeness (QED) is 0.861. The van der Waals surface area contributed by atoms with Crippen LogP contribution in [-0.4, -0.2) is 20.4 Å². The van der Waals surface area contributed by atoms with Crippen molar-refractivity contribution in [3.8, 4) is 0 Å². The summed E-state index contributed by atoms with van der Waals surface area (Å²) in [5, 5.41) is 3.02. The molecule has 5 nitrogen and oxygen atoms in total. The lowest BCUT2D eigenvalue weighted by Gasteiger charge is -2.29. The van der Waals surface area contributed by atoms with Gasteiger partial charge in [-0.15, -0.1) is 0 Å². The molecule has 1 aliphatic carbocycles. The van der Waals surface area contributed by atoms with Crippen LogP contribution in [0, 0.1) is 12.8 Å². The molecule has 1 aromatic heterocycles. The highest BCUT2D eigenvalue weighted by molar-refractivity contribution is 7.90. The number of nitrogens with one attached hydrogen (secondary N) is 1. The minimum Gasteiger partial charge on any atom is -0.455 e. The number of carbonyl (C=O) groups excluding carboxylic acids is 1. The normalized spacial score (nSPS) is 20.7. The molecule has 1 amide bonds. The van der Waals surface area contributed by atoms with Crippen molar-refractivity contribution in [1.29, 1.82) is 0 Å². The van der Waals surface area contributed by atoms with Crippen LogP contribution in [0.15, 0.2) is 45.7 Å². The SMILES string of the molecule is Cc1ccccc1S(=O)(=O)Cc1ccc(C(=O)N[C@H]2CCCC[C@@H]2C)o1. The van der Waals surface area contributed by atoms with Gasteiger partial charge in [-0.3, -0.25) is 4.79 Å². The molecule has 1 N–H and O–H groups in total. The molecule has 1 aliphatic rings. The van der Waals surface area contributed by atoms with Crippen LogP contribution in [0.2, 0.25) is 0 Å². The van der Waals surface area contributed by atoms with Crippen molar-refractivity contribution in [3.05, 3.63) is 53.5 Å². The van der Waals surface area contributed by atoms with Gasteiger partial charge in [0.15, 0.2) is 15.6 Å². The number of benzene rings is 1. The van der Waals surface area contributed by atoms with Crippen molar-refractivity contribution in [2.45, 2.75) is 56.2 Å². The molecule has 0 radical (unpaired) electrons. The van der Waals surface area contributed by atoms with Crippen molar-refractivity contribution in [1.82, 2.24) is 5.32 Å². The zero-order valence-electron chi connectivity index (χ0n) is 15.2. The van der Waals surface area contributed by atoms with E-state index in [1.165, 1.54) is 6.42 Å². The van der Waals surface area contributed by atoms with E-state index < -0.39 is 9.84 Å². The lowest BCUT2D eigenvalue weighted by atomic mass is 9.86. The van der Waals surface area contributed by atoms with Gasteiger partial charge in [-0.2, -0.15) is 0 Å². The molecule has 0 unspecified atom stereocenters. The maximum atomic E-state index is 12.6. The highest BCUT2D eigenvalue weighted by atomic mass is 32.2. The van der Waals surface area contributed by atoms with E-state index in [0.29, 0.717) is 16.4 Å². The molecule has 3 rings (SSSR count). The largest absolute Gasteiger partial charge is 0.455 e. The Morgan fingerprint density at radius 1 is 1.15 bits per heavy atom. The van der Waals surface area contributed by atoms with Gasteiger partial charge in [-0.05, 0) is 49.4 Å². The second kappa shape index (κ2) is 7.66. The maximum Gasteiger partial charge on any atom is 0.287 e. The molecule has 6 heteroatoms. The summed E-state index contributed by atoms with van der Waals surface area (Å²) in [6.07, 6.45) is 4.41. The number of hydrogen-bond acceptors (Lipinski definition) is 4. The summed E-state index contributed by atoms with van der Waals surface area (Å²) in [5.41, 5.74) is 0.698. The first kappa shape index (κ1) is 18.7. The van der Waals surface area contributed by atoms with Crippen LogP contribution in [0.5, 0.6) is 0 Å². The molecule has 1 fully saturated rings. The van der Waals surface area contributed by atoms with Crippen LogP contribution in [0.1, 0.15) is 54.5 Å². The molecule has 1 heterocycles. The standard InChI is InChI=1S/C20H25NO4S/c1-14-7-3-5-9-17(14)21-20(22)18-12-11-16(25-18)13-26(23,24)19-10-6-4-8-15(19)2/h4,6,8,10-12,14,17H,3,5,7,9,13H2,1-2H3,(H,21,22)/t14-,17-/m0/s1. The Morgan fingerprint density at radius 2 is 1.88 bits per heavy atom. The average Bonchev–Trinajstić information content (AvgIpc) is 3.05. The zero-order valence-corrected chi connectivity index (χ0v) is 16.0. The van der Waals surface area contributed by atoms with Gasteiger partial charge in [0.25, 0.3) is 5.91 Å². The van der Waals surface area contributed by atoms with Crippen LogP contribution in [0.4, 0.5) is 0 Å². The third-order valence-electron chi connectivity index (χ3n) is 5.07. The fourth-order valence-corrected chi connectivity index (χ4v) is 5.05. The number of furan rings is 1. The summed E-state index contributed by atoms with van der Waals surface area (Å²) >= 11 is 0. The summed E-state index contributed by atoms with van der Waals surface area (Å²) < 4.78 is 30.7. The highest BCUT2D eigenvalue weighted by Gasteiger charge is 2.25. The Labute approximate surface area is 154 Å². The van der Waals surface area contributed by atoms with Gasteiger partial charge in [-0.1, -0.05) is 38.0 Å². The molecule has 26 heavy (non-hydrogen) atoms. The molecule has 140 valence electrons. The number of hydrogen-bond donors (Lipinski definition) is 1. The summed E-state index contributed by atoms with van der Waals surface area (Å²) in [4.78, 5) is 12.7. The number of rotatable bonds is 5. The Kier molecular flexibility index (Phi) is 5.51. The van der Waals surface area contributed by atoms with Crippen molar-refractivity contribution in [2.75, 3.05) is 0 Å². The molecule has 0 saturated heterocycles. The number of aryl methyl sites for hydroxylation is 1. The van der Waals surface area contributed by atoms with Crippen LogP contribution in [-0.2, 0) is 15.6 Å². The summed E-state index contributed by atoms with van der Waals surface area (Å²) in [5.74, 6) is 0.352. The number of sulfone groups is 1. The van der Waals surface area contributed by atoms with E-state index in [1.54, 1.807) is 43.3 Å². The van der Waals surface area contributed by atoms with E-state index in [4.69, 9.17) is 4.42 Å². The van der Waals surface area contributed by atoms with Crippen molar-refractivity contribution in [2.24, 2.45) is 5.92 Å². The molecular weight excluding hydrogens is 350 g/mol. The van der Waals surface area contributed by atoms with Gasteiger partial charge < -0.3 is 9.73 Å². The molecule has 2 aromatic rings. The average molecular weight is 375 g/mol. The van der Waals surface area contributed by atoms with Crippen LogP contribution in [0.25, 0.3) is 0 Å². The van der Waals surface area contributed by atoms with Gasteiger partial charge in [0, 0.05) is 6.04 Å². The van der Waals surface area contributed by atoms with Gasteiger partial charge >= 0.3 is 0 Å². The fourth-order valence-electron chi connectivity index (χ4n) is 3.52. The summed E-state index contributed by atoms with van der Waals surface area (Å²) in [6, 6.07) is 10.1. The molecule has 0 bridgehead atoms. The minimum absolute atomic E-state index is 0.153. The van der Waals surface area contributed by atoms with Crippen LogP contribution >= 0.6 is 0 Å². The molecule has 2 atom stereocenters. The van der Waals surface area contributed by atoms with Crippen molar-refractivity contribution in [3.63, 3.8) is 0 Å². The minimum atomic E-state index is -3.52. The first-order chi connectivity index (χ1) is 12.4. The van der Waals surface area contributed by atoms with Crippen LogP contribution in [0.3, 0.4) is 0 Å². The van der Waals surface area contributed by atoms with Gasteiger partial charge in [0.1, 0.15) is 11.5 Å². The van der Waals surface area contributed by atoms with E-state index in [9.17, 15) is 13.2 Å². The molecule has 1 aromatic carbocycles. The zero-order chi connectivity index (χ0) is 18.7. The summed E-state index contributed by atoms with van der Waals surface area (Å²) in [7, 11) is -3.52. The first-order valence-corrected chi connectivity index (χ1v) is 10.7. The van der Waals surface area contributed by atoms with Crippen LogP contribution < -0.4 is 5.32 Å². The lowest BCUT2D eigenvalue weighted by molar-refractivity contribution is 0.0880. The third kappa shape index (κ3) is 4.18. The van der Waals surface area contributed by atoms with E-state index in [2.05, 4.69) is 12.2 Å². The predicted octanol–water partition coefficient (Wildman–Crippen LogP) is 3.87. The smallest absolute Gasteiger partial charge is 0.287 e. The van der Waals surface area contributed by atoms with Gasteiger partial charge in [0.2, 0.25) is 0 Å². The predicted molar refractivity (Wildman–Crippen MR) is 99.7 cm³/mol. The van der Waals surface area contributed by atoms with Gasteiger partial charge in [-0.25, -0.2) is 8.42 Å². The lowest BCUT2D eigenvalue weighted by Crippen LogP contribution is -2.40. The third-order valence-corrected chi connectivity index (χ3v) is 6.87. The molecule has 1 saturated carbocycles. The number of carbonyl (C=O) groups is 1.